The van der Waals surface area contributed by atoms with E-state index in [-0.39, 0.29) is 17.4 Å². The lowest BCUT2D eigenvalue weighted by atomic mass is 9.64. The van der Waals surface area contributed by atoms with E-state index in [2.05, 4.69) is 24.5 Å². The van der Waals surface area contributed by atoms with Crippen LogP contribution in [-0.4, -0.2) is 37.2 Å². The highest BCUT2D eigenvalue weighted by atomic mass is 16.5. The van der Waals surface area contributed by atoms with Gasteiger partial charge >= 0.3 is 0 Å². The first-order chi connectivity index (χ1) is 8.95. The molecule has 0 aromatic rings. The van der Waals surface area contributed by atoms with Crippen LogP contribution < -0.4 is 10.6 Å². The molecule has 0 saturated heterocycles. The van der Waals surface area contributed by atoms with Crippen molar-refractivity contribution in [2.24, 2.45) is 5.41 Å². The Bertz CT molecular complexity index is 324. The van der Waals surface area contributed by atoms with Gasteiger partial charge in [-0.2, -0.15) is 0 Å². The van der Waals surface area contributed by atoms with Crippen molar-refractivity contribution in [1.82, 2.24) is 10.6 Å². The Morgan fingerprint density at radius 3 is 2.47 bits per heavy atom. The third-order valence-corrected chi connectivity index (χ3v) is 5.01. The molecule has 4 nitrogen and oxygen atoms in total. The molecule has 3 unspecified atom stereocenters. The summed E-state index contributed by atoms with van der Waals surface area (Å²) in [6, 6.07) is 0.641. The first kappa shape index (κ1) is 14.8. The van der Waals surface area contributed by atoms with Crippen LogP contribution in [-0.2, 0) is 9.53 Å². The molecule has 0 bridgehead atoms. The third kappa shape index (κ3) is 3.11. The highest BCUT2D eigenvalue weighted by molar-refractivity contribution is 5.81. The van der Waals surface area contributed by atoms with Crippen molar-refractivity contribution in [3.8, 4) is 0 Å². The number of hydrogen-bond donors (Lipinski definition) is 2. The number of hydrogen-bond acceptors (Lipinski definition) is 3. The van der Waals surface area contributed by atoms with Gasteiger partial charge in [-0.25, -0.2) is 0 Å². The van der Waals surface area contributed by atoms with Crippen molar-refractivity contribution >= 4 is 5.91 Å². The third-order valence-electron chi connectivity index (χ3n) is 5.01. The first-order valence-electron chi connectivity index (χ1n) is 7.54. The number of carbonyl (C=O) groups is 1. The second-order valence-corrected chi connectivity index (χ2v) is 6.71. The summed E-state index contributed by atoms with van der Waals surface area (Å²) in [5.41, 5.74) is 0.108. The molecule has 3 atom stereocenters. The zero-order valence-electron chi connectivity index (χ0n) is 12.7. The standard InChI is InChI=1S/C15H28N2O2/c1-10(14(18)17-11-7-5-6-8-11)16-12-9-13(19-4)15(12,2)3/h10-13,16H,5-9H2,1-4H3,(H,17,18). The van der Waals surface area contributed by atoms with Gasteiger partial charge in [0, 0.05) is 24.6 Å². The Hall–Kier alpha value is -0.610. The van der Waals surface area contributed by atoms with E-state index in [1.165, 1.54) is 12.8 Å². The molecule has 2 rings (SSSR count). The minimum absolute atomic E-state index is 0.108. The molecule has 0 aliphatic heterocycles. The van der Waals surface area contributed by atoms with Crippen molar-refractivity contribution in [2.75, 3.05) is 7.11 Å². The maximum atomic E-state index is 12.1. The van der Waals surface area contributed by atoms with E-state index in [1.54, 1.807) is 7.11 Å². The van der Waals surface area contributed by atoms with E-state index in [0.717, 1.165) is 19.3 Å². The number of methoxy groups -OCH3 is 1. The van der Waals surface area contributed by atoms with Gasteiger partial charge in [-0.1, -0.05) is 26.7 Å². The highest BCUT2D eigenvalue weighted by Crippen LogP contribution is 2.42. The quantitative estimate of drug-likeness (QED) is 0.800. The van der Waals surface area contributed by atoms with E-state index in [1.807, 2.05) is 6.92 Å². The zero-order valence-corrected chi connectivity index (χ0v) is 12.7. The molecule has 2 aliphatic carbocycles. The fourth-order valence-corrected chi connectivity index (χ4v) is 3.34. The Morgan fingerprint density at radius 2 is 1.95 bits per heavy atom. The van der Waals surface area contributed by atoms with Crippen molar-refractivity contribution in [3.05, 3.63) is 0 Å². The highest BCUT2D eigenvalue weighted by Gasteiger charge is 2.49. The molecule has 0 spiro atoms. The minimum Gasteiger partial charge on any atom is -0.381 e. The van der Waals surface area contributed by atoms with E-state index < -0.39 is 0 Å². The maximum absolute atomic E-state index is 12.1. The van der Waals surface area contributed by atoms with Gasteiger partial charge in [0.1, 0.15) is 0 Å². The van der Waals surface area contributed by atoms with Gasteiger partial charge in [-0.05, 0) is 26.2 Å². The lowest BCUT2D eigenvalue weighted by Gasteiger charge is -2.52. The maximum Gasteiger partial charge on any atom is 0.237 e. The van der Waals surface area contributed by atoms with Crippen molar-refractivity contribution < 1.29 is 9.53 Å². The van der Waals surface area contributed by atoms with Crippen molar-refractivity contribution in [1.29, 1.82) is 0 Å². The fraction of sp³-hybridized carbons (Fsp3) is 0.933. The summed E-state index contributed by atoms with van der Waals surface area (Å²) in [6.07, 6.45) is 6.06. The van der Waals surface area contributed by atoms with Gasteiger partial charge in [0.2, 0.25) is 5.91 Å². The van der Waals surface area contributed by atoms with Gasteiger partial charge in [-0.15, -0.1) is 0 Å². The molecule has 19 heavy (non-hydrogen) atoms. The van der Waals surface area contributed by atoms with Crippen LogP contribution in [0, 0.1) is 5.41 Å². The zero-order chi connectivity index (χ0) is 14.0. The molecule has 110 valence electrons. The summed E-state index contributed by atoms with van der Waals surface area (Å²) in [4.78, 5) is 12.1. The molecule has 0 heterocycles. The summed E-state index contributed by atoms with van der Waals surface area (Å²) >= 11 is 0. The van der Waals surface area contributed by atoms with Crippen molar-refractivity contribution in [2.45, 2.75) is 77.1 Å². The molecule has 2 N–H and O–H groups in total. The van der Waals surface area contributed by atoms with E-state index in [4.69, 9.17) is 4.74 Å². The first-order valence-corrected chi connectivity index (χ1v) is 7.54. The molecule has 4 heteroatoms. The summed E-state index contributed by atoms with van der Waals surface area (Å²) in [5, 5.41) is 6.60. The van der Waals surface area contributed by atoms with E-state index in [0.29, 0.717) is 18.2 Å². The van der Waals surface area contributed by atoms with E-state index >= 15 is 0 Å². The molecular weight excluding hydrogens is 240 g/mol. The number of nitrogens with one attached hydrogen (secondary N) is 2. The topological polar surface area (TPSA) is 50.4 Å². The second kappa shape index (κ2) is 5.80. The molecule has 0 aromatic carbocycles. The molecular formula is C15H28N2O2. The van der Waals surface area contributed by atoms with Crippen LogP contribution in [0.2, 0.25) is 0 Å². The average molecular weight is 268 g/mol. The number of ether oxygens (including phenoxy) is 1. The average Bonchev–Trinajstić information content (AvgIpc) is 2.86. The van der Waals surface area contributed by atoms with Crippen LogP contribution in [0.5, 0.6) is 0 Å². The molecule has 2 saturated carbocycles. The van der Waals surface area contributed by atoms with Gasteiger partial charge < -0.3 is 15.4 Å². The Labute approximate surface area is 116 Å². The minimum atomic E-state index is -0.123. The normalized spacial score (nSPS) is 31.8. The van der Waals surface area contributed by atoms with Crippen LogP contribution in [0.4, 0.5) is 0 Å². The molecule has 2 fully saturated rings. The molecule has 0 aromatic heterocycles. The lowest BCUT2D eigenvalue weighted by Crippen LogP contribution is -2.64. The SMILES string of the molecule is COC1CC(NC(C)C(=O)NC2CCCC2)C1(C)C. The van der Waals surface area contributed by atoms with E-state index in [9.17, 15) is 4.79 Å². The number of amides is 1. The van der Waals surface area contributed by atoms with Gasteiger partial charge in [0.15, 0.2) is 0 Å². The second-order valence-electron chi connectivity index (χ2n) is 6.71. The fourth-order valence-electron chi connectivity index (χ4n) is 3.34. The molecule has 2 aliphatic rings. The Kier molecular flexibility index (Phi) is 4.51. The van der Waals surface area contributed by atoms with Gasteiger partial charge in [0.25, 0.3) is 0 Å². The predicted octanol–water partition coefficient (Wildman–Crippen LogP) is 1.84. The lowest BCUT2D eigenvalue weighted by molar-refractivity contribution is -0.127. The summed E-state index contributed by atoms with van der Waals surface area (Å²) < 4.78 is 5.44. The molecule has 1 amide bonds. The molecule has 0 radical (unpaired) electrons. The summed E-state index contributed by atoms with van der Waals surface area (Å²) in [5.74, 6) is 0.142. The van der Waals surface area contributed by atoms with Crippen LogP contribution in [0.1, 0.15) is 52.9 Å². The predicted molar refractivity (Wildman–Crippen MR) is 76.0 cm³/mol. The largest absolute Gasteiger partial charge is 0.381 e. The van der Waals surface area contributed by atoms with Crippen LogP contribution in [0.25, 0.3) is 0 Å². The monoisotopic (exact) mass is 268 g/mol. The van der Waals surface area contributed by atoms with Gasteiger partial charge in [-0.3, -0.25) is 4.79 Å². The summed E-state index contributed by atoms with van der Waals surface area (Å²) in [6.45, 7) is 6.36. The van der Waals surface area contributed by atoms with Crippen LogP contribution >= 0.6 is 0 Å². The summed E-state index contributed by atoms with van der Waals surface area (Å²) in [7, 11) is 1.76. The van der Waals surface area contributed by atoms with Crippen molar-refractivity contribution in [3.63, 3.8) is 0 Å². The van der Waals surface area contributed by atoms with Crippen LogP contribution in [0.15, 0.2) is 0 Å². The number of carbonyl (C=O) groups excluding carboxylic acids is 1. The number of rotatable bonds is 5. The van der Waals surface area contributed by atoms with Crippen LogP contribution in [0.3, 0.4) is 0 Å². The smallest absolute Gasteiger partial charge is 0.237 e. The Morgan fingerprint density at radius 1 is 1.32 bits per heavy atom. The Balaban J connectivity index is 1.77. The van der Waals surface area contributed by atoms with Gasteiger partial charge in [0.05, 0.1) is 12.1 Å².